The van der Waals surface area contributed by atoms with Crippen molar-refractivity contribution in [1.29, 1.82) is 0 Å². The minimum atomic E-state index is 0.595. The summed E-state index contributed by atoms with van der Waals surface area (Å²) in [5.41, 5.74) is 8.22. The van der Waals surface area contributed by atoms with Gasteiger partial charge in [-0.2, -0.15) is 0 Å². The molecule has 0 amide bonds. The first-order valence-electron chi connectivity index (χ1n) is 7.44. The molecule has 2 N–H and O–H groups in total. The first-order valence-corrected chi connectivity index (χ1v) is 8.25. The number of aromatic nitrogens is 1. The summed E-state index contributed by atoms with van der Waals surface area (Å²) in [5.74, 6) is 0. The lowest BCUT2D eigenvalue weighted by Crippen LogP contribution is -2.45. The molecule has 0 unspecified atom stereocenters. The molecule has 0 atom stereocenters. The van der Waals surface area contributed by atoms with E-state index >= 15 is 0 Å². The molecule has 1 aromatic heterocycles. The fraction of sp³-hybridized carbons (Fsp3) is 0.438. The van der Waals surface area contributed by atoms with E-state index in [0.717, 1.165) is 43.5 Å². The number of thiazole rings is 1. The van der Waals surface area contributed by atoms with Gasteiger partial charge in [-0.25, -0.2) is 4.98 Å². The van der Waals surface area contributed by atoms with Gasteiger partial charge in [0.1, 0.15) is 0 Å². The SMILES string of the molecule is Cc1nc(N2CCN(Cc3ccccc3)CC2)sc1CN. The van der Waals surface area contributed by atoms with Gasteiger partial charge >= 0.3 is 0 Å². The highest BCUT2D eigenvalue weighted by Gasteiger charge is 2.20. The summed E-state index contributed by atoms with van der Waals surface area (Å²) < 4.78 is 0. The number of hydrogen-bond acceptors (Lipinski definition) is 5. The van der Waals surface area contributed by atoms with Crippen LogP contribution in [0.4, 0.5) is 5.13 Å². The Morgan fingerprint density at radius 1 is 1.14 bits per heavy atom. The summed E-state index contributed by atoms with van der Waals surface area (Å²) in [7, 11) is 0. The highest BCUT2D eigenvalue weighted by atomic mass is 32.1. The van der Waals surface area contributed by atoms with E-state index in [2.05, 4.69) is 45.1 Å². The number of aryl methyl sites for hydroxylation is 1. The molecule has 0 spiro atoms. The van der Waals surface area contributed by atoms with Gasteiger partial charge in [0.2, 0.25) is 0 Å². The molecule has 3 rings (SSSR count). The quantitative estimate of drug-likeness (QED) is 0.941. The van der Waals surface area contributed by atoms with Crippen molar-refractivity contribution in [2.75, 3.05) is 31.1 Å². The van der Waals surface area contributed by atoms with Crippen LogP contribution in [0.15, 0.2) is 30.3 Å². The van der Waals surface area contributed by atoms with E-state index in [1.165, 1.54) is 10.4 Å². The average molecular weight is 302 g/mol. The van der Waals surface area contributed by atoms with E-state index < -0.39 is 0 Å². The van der Waals surface area contributed by atoms with E-state index in [1.807, 2.05) is 6.92 Å². The topological polar surface area (TPSA) is 45.4 Å². The van der Waals surface area contributed by atoms with E-state index in [4.69, 9.17) is 5.73 Å². The fourth-order valence-corrected chi connectivity index (χ4v) is 3.67. The highest BCUT2D eigenvalue weighted by Crippen LogP contribution is 2.26. The van der Waals surface area contributed by atoms with Crippen LogP contribution in [-0.2, 0) is 13.1 Å². The Kier molecular flexibility index (Phi) is 4.53. The number of piperazine rings is 1. The smallest absolute Gasteiger partial charge is 0.185 e. The summed E-state index contributed by atoms with van der Waals surface area (Å²) in [6.07, 6.45) is 0. The van der Waals surface area contributed by atoms with Gasteiger partial charge in [0.15, 0.2) is 5.13 Å². The monoisotopic (exact) mass is 302 g/mol. The van der Waals surface area contributed by atoms with Gasteiger partial charge < -0.3 is 10.6 Å². The van der Waals surface area contributed by atoms with Gasteiger partial charge in [-0.15, -0.1) is 11.3 Å². The first-order chi connectivity index (χ1) is 10.3. The van der Waals surface area contributed by atoms with Crippen LogP contribution in [-0.4, -0.2) is 36.1 Å². The summed E-state index contributed by atoms with van der Waals surface area (Å²) in [6, 6.07) is 10.7. The zero-order valence-electron chi connectivity index (χ0n) is 12.5. The summed E-state index contributed by atoms with van der Waals surface area (Å²) in [5, 5.41) is 1.13. The molecule has 0 radical (unpaired) electrons. The molecule has 1 saturated heterocycles. The van der Waals surface area contributed by atoms with Gasteiger partial charge in [-0.1, -0.05) is 30.3 Å². The van der Waals surface area contributed by atoms with Crippen LogP contribution in [0.1, 0.15) is 16.1 Å². The molecule has 21 heavy (non-hydrogen) atoms. The van der Waals surface area contributed by atoms with Crippen LogP contribution in [0.2, 0.25) is 0 Å². The molecule has 2 aromatic rings. The van der Waals surface area contributed by atoms with Gasteiger partial charge in [0.25, 0.3) is 0 Å². The van der Waals surface area contributed by atoms with Crippen molar-refractivity contribution >= 4 is 16.5 Å². The third kappa shape index (κ3) is 3.43. The standard InChI is InChI=1S/C16H22N4S/c1-13-15(11-17)21-16(18-13)20-9-7-19(8-10-20)12-14-5-3-2-4-6-14/h2-6H,7-12,17H2,1H3. The number of nitrogens with zero attached hydrogens (tertiary/aromatic N) is 3. The maximum absolute atomic E-state index is 5.75. The molecule has 0 saturated carbocycles. The molecule has 0 bridgehead atoms. The lowest BCUT2D eigenvalue weighted by atomic mass is 10.2. The van der Waals surface area contributed by atoms with E-state index in [0.29, 0.717) is 6.54 Å². The van der Waals surface area contributed by atoms with Gasteiger partial charge in [-0.05, 0) is 12.5 Å². The van der Waals surface area contributed by atoms with Crippen LogP contribution in [0, 0.1) is 6.92 Å². The van der Waals surface area contributed by atoms with Crippen LogP contribution >= 0.6 is 11.3 Å². The van der Waals surface area contributed by atoms with Crippen molar-refractivity contribution in [3.63, 3.8) is 0 Å². The Bertz CT molecular complexity index is 573. The number of benzene rings is 1. The van der Waals surface area contributed by atoms with Crippen molar-refractivity contribution in [3.05, 3.63) is 46.5 Å². The summed E-state index contributed by atoms with van der Waals surface area (Å²) in [4.78, 5) is 10.8. The second-order valence-electron chi connectivity index (χ2n) is 5.46. The van der Waals surface area contributed by atoms with Gasteiger partial charge in [-0.3, -0.25) is 4.90 Å². The predicted molar refractivity (Wildman–Crippen MR) is 88.7 cm³/mol. The van der Waals surface area contributed by atoms with Crippen molar-refractivity contribution in [2.24, 2.45) is 5.73 Å². The third-order valence-corrected chi connectivity index (χ3v) is 5.20. The number of rotatable bonds is 4. The van der Waals surface area contributed by atoms with Crippen molar-refractivity contribution in [1.82, 2.24) is 9.88 Å². The second-order valence-corrected chi connectivity index (χ2v) is 6.52. The fourth-order valence-electron chi connectivity index (χ4n) is 2.68. The molecular weight excluding hydrogens is 280 g/mol. The Labute approximate surface area is 130 Å². The van der Waals surface area contributed by atoms with Crippen molar-refractivity contribution in [2.45, 2.75) is 20.0 Å². The van der Waals surface area contributed by atoms with Gasteiger partial charge in [0, 0.05) is 44.1 Å². The molecule has 112 valence electrons. The Hall–Kier alpha value is -1.43. The number of nitrogens with two attached hydrogens (primary N) is 1. The Morgan fingerprint density at radius 2 is 1.86 bits per heavy atom. The normalized spacial score (nSPS) is 16.4. The van der Waals surface area contributed by atoms with Gasteiger partial charge in [0.05, 0.1) is 5.69 Å². The molecule has 2 heterocycles. The van der Waals surface area contributed by atoms with Crippen LogP contribution in [0.5, 0.6) is 0 Å². The van der Waals surface area contributed by atoms with Crippen molar-refractivity contribution in [3.8, 4) is 0 Å². The largest absolute Gasteiger partial charge is 0.346 e. The third-order valence-electron chi connectivity index (χ3n) is 3.96. The number of anilines is 1. The minimum Gasteiger partial charge on any atom is -0.346 e. The molecular formula is C16H22N4S. The Balaban J connectivity index is 1.57. The van der Waals surface area contributed by atoms with Crippen LogP contribution < -0.4 is 10.6 Å². The zero-order chi connectivity index (χ0) is 14.7. The zero-order valence-corrected chi connectivity index (χ0v) is 13.3. The van der Waals surface area contributed by atoms with Crippen LogP contribution in [0.3, 0.4) is 0 Å². The molecule has 1 aliphatic heterocycles. The lowest BCUT2D eigenvalue weighted by molar-refractivity contribution is 0.250. The second kappa shape index (κ2) is 6.56. The van der Waals surface area contributed by atoms with Crippen molar-refractivity contribution < 1.29 is 0 Å². The lowest BCUT2D eigenvalue weighted by Gasteiger charge is -2.34. The highest BCUT2D eigenvalue weighted by molar-refractivity contribution is 7.15. The molecule has 1 aromatic carbocycles. The first kappa shape index (κ1) is 14.5. The maximum atomic E-state index is 5.75. The maximum Gasteiger partial charge on any atom is 0.185 e. The minimum absolute atomic E-state index is 0.595. The molecule has 1 fully saturated rings. The predicted octanol–water partition coefficient (Wildman–Crippen LogP) is 2.23. The van der Waals surface area contributed by atoms with Crippen LogP contribution in [0.25, 0.3) is 0 Å². The van der Waals surface area contributed by atoms with E-state index in [-0.39, 0.29) is 0 Å². The molecule has 1 aliphatic rings. The Morgan fingerprint density at radius 3 is 2.48 bits per heavy atom. The van der Waals surface area contributed by atoms with E-state index in [1.54, 1.807) is 11.3 Å². The average Bonchev–Trinajstić information content (AvgIpc) is 2.90. The molecule has 4 nitrogen and oxygen atoms in total. The summed E-state index contributed by atoms with van der Waals surface area (Å²) in [6.45, 7) is 7.95. The summed E-state index contributed by atoms with van der Waals surface area (Å²) >= 11 is 1.74. The van der Waals surface area contributed by atoms with E-state index in [9.17, 15) is 0 Å². The number of hydrogen-bond donors (Lipinski definition) is 1. The molecule has 0 aliphatic carbocycles. The molecule has 5 heteroatoms.